The van der Waals surface area contributed by atoms with Crippen molar-refractivity contribution in [2.45, 2.75) is 10.9 Å². The third kappa shape index (κ3) is 3.29. The number of furan rings is 1. The molecule has 0 aliphatic rings. The molecule has 0 spiro atoms. The number of hydrogen-bond acceptors (Lipinski definition) is 8. The van der Waals surface area contributed by atoms with Crippen molar-refractivity contribution in [3.05, 3.63) is 58.3 Å². The molecule has 142 valence electrons. The van der Waals surface area contributed by atoms with E-state index in [9.17, 15) is 9.59 Å². The molecule has 4 aromatic rings. The average molecular weight is 397 g/mol. The molecule has 0 aliphatic heterocycles. The summed E-state index contributed by atoms with van der Waals surface area (Å²) in [6, 6.07) is 8.22. The van der Waals surface area contributed by atoms with E-state index in [2.05, 4.69) is 20.2 Å². The minimum absolute atomic E-state index is 0.272. The molecule has 4 rings (SSSR count). The Morgan fingerprint density at radius 3 is 2.93 bits per heavy atom. The largest absolute Gasteiger partial charge is 0.465 e. The van der Waals surface area contributed by atoms with Crippen LogP contribution >= 0.6 is 11.8 Å². The predicted octanol–water partition coefficient (Wildman–Crippen LogP) is 2.39. The fourth-order valence-electron chi connectivity index (χ4n) is 2.69. The van der Waals surface area contributed by atoms with E-state index in [1.165, 1.54) is 24.9 Å². The minimum Gasteiger partial charge on any atom is -0.465 e. The highest BCUT2D eigenvalue weighted by atomic mass is 32.2. The molecule has 0 atom stereocenters. The van der Waals surface area contributed by atoms with E-state index in [4.69, 9.17) is 9.15 Å². The summed E-state index contributed by atoms with van der Waals surface area (Å²) in [7, 11) is 3.14. The highest BCUT2D eigenvalue weighted by Crippen LogP contribution is 2.24. The molecule has 0 radical (unpaired) electrons. The van der Waals surface area contributed by atoms with E-state index in [0.29, 0.717) is 44.8 Å². The molecule has 0 saturated carbocycles. The summed E-state index contributed by atoms with van der Waals surface area (Å²) in [6.45, 7) is 0. The number of nitrogens with one attached hydrogen (secondary N) is 1. The molecule has 0 aliphatic carbocycles. The zero-order valence-corrected chi connectivity index (χ0v) is 15.8. The number of carbonyl (C=O) groups excluding carboxylic acids is 1. The van der Waals surface area contributed by atoms with Crippen molar-refractivity contribution in [2.75, 3.05) is 7.11 Å². The number of hydrogen-bond donors (Lipinski definition) is 1. The molecule has 10 heteroatoms. The van der Waals surface area contributed by atoms with Crippen molar-refractivity contribution in [2.24, 2.45) is 7.05 Å². The summed E-state index contributed by atoms with van der Waals surface area (Å²) < 4.78 is 11.9. The van der Waals surface area contributed by atoms with Gasteiger partial charge in [0.05, 0.1) is 35.6 Å². The maximum absolute atomic E-state index is 12.3. The van der Waals surface area contributed by atoms with Gasteiger partial charge in [-0.25, -0.2) is 9.78 Å². The molecule has 1 N–H and O–H groups in total. The number of benzene rings is 1. The van der Waals surface area contributed by atoms with Crippen molar-refractivity contribution in [1.82, 2.24) is 24.7 Å². The number of aromatic nitrogens is 5. The van der Waals surface area contributed by atoms with Gasteiger partial charge >= 0.3 is 5.97 Å². The van der Waals surface area contributed by atoms with Gasteiger partial charge in [0.1, 0.15) is 5.82 Å². The Morgan fingerprint density at radius 2 is 2.18 bits per heavy atom. The van der Waals surface area contributed by atoms with Crippen LogP contribution in [-0.2, 0) is 17.5 Å². The smallest absolute Gasteiger partial charge is 0.337 e. The Morgan fingerprint density at radius 1 is 1.32 bits per heavy atom. The first-order valence-electron chi connectivity index (χ1n) is 8.24. The molecule has 0 amide bonds. The van der Waals surface area contributed by atoms with Gasteiger partial charge < -0.3 is 18.7 Å². The van der Waals surface area contributed by atoms with Gasteiger partial charge in [0.2, 0.25) is 0 Å². The summed E-state index contributed by atoms with van der Waals surface area (Å²) in [5.74, 6) is 1.58. The van der Waals surface area contributed by atoms with Gasteiger partial charge in [-0.15, -0.1) is 10.2 Å². The van der Waals surface area contributed by atoms with Crippen molar-refractivity contribution >= 4 is 28.6 Å². The number of carbonyl (C=O) groups is 1. The van der Waals surface area contributed by atoms with Gasteiger partial charge in [0, 0.05) is 7.05 Å². The molecule has 1 aromatic carbocycles. The first kappa shape index (κ1) is 18.0. The Bertz CT molecular complexity index is 1210. The summed E-state index contributed by atoms with van der Waals surface area (Å²) in [6.07, 6.45) is 1.57. The van der Waals surface area contributed by atoms with E-state index in [0.717, 1.165) is 0 Å². The summed E-state index contributed by atoms with van der Waals surface area (Å²) in [4.78, 5) is 31.2. The van der Waals surface area contributed by atoms with Crippen LogP contribution in [0, 0.1) is 0 Å². The second-order valence-corrected chi connectivity index (χ2v) is 6.81. The number of nitrogens with zero attached hydrogens (tertiary/aromatic N) is 4. The van der Waals surface area contributed by atoms with E-state index < -0.39 is 5.97 Å². The Balaban J connectivity index is 1.60. The monoisotopic (exact) mass is 397 g/mol. The standard InChI is InChI=1S/C18H15N5O4S/c1-23-15(13-4-3-7-27-13)21-22-18(23)28-9-14-19-12-8-10(17(25)26-2)5-6-11(12)16(24)20-14/h3-8H,9H2,1-2H3,(H,19,20,24). The molecule has 9 nitrogen and oxygen atoms in total. The lowest BCUT2D eigenvalue weighted by Gasteiger charge is -2.05. The number of methoxy groups -OCH3 is 1. The number of thioether (sulfide) groups is 1. The first-order chi connectivity index (χ1) is 13.6. The normalized spacial score (nSPS) is 11.1. The zero-order chi connectivity index (χ0) is 19.7. The van der Waals surface area contributed by atoms with Gasteiger partial charge in [0.25, 0.3) is 5.56 Å². The lowest BCUT2D eigenvalue weighted by atomic mass is 10.1. The van der Waals surface area contributed by atoms with Crippen LogP contribution in [0.4, 0.5) is 0 Å². The lowest BCUT2D eigenvalue weighted by molar-refractivity contribution is 0.0601. The SMILES string of the molecule is COC(=O)c1ccc2c(=O)[nH]c(CSc3nnc(-c4ccco4)n3C)nc2c1. The van der Waals surface area contributed by atoms with Crippen LogP contribution in [0.3, 0.4) is 0 Å². The van der Waals surface area contributed by atoms with Crippen molar-refractivity contribution in [3.8, 4) is 11.6 Å². The number of ether oxygens (including phenoxy) is 1. The lowest BCUT2D eigenvalue weighted by Crippen LogP contribution is -2.12. The number of aromatic amines is 1. The number of H-pyrrole nitrogens is 1. The third-order valence-electron chi connectivity index (χ3n) is 4.09. The van der Waals surface area contributed by atoms with Crippen LogP contribution in [0.25, 0.3) is 22.5 Å². The van der Waals surface area contributed by atoms with E-state index in [1.807, 2.05) is 7.05 Å². The van der Waals surface area contributed by atoms with Crippen LogP contribution in [0.5, 0.6) is 0 Å². The minimum atomic E-state index is -0.482. The molecular weight excluding hydrogens is 382 g/mol. The van der Waals surface area contributed by atoms with Crippen molar-refractivity contribution in [3.63, 3.8) is 0 Å². The fraction of sp³-hybridized carbons (Fsp3) is 0.167. The molecule has 0 unspecified atom stereocenters. The van der Waals surface area contributed by atoms with Gasteiger partial charge in [-0.3, -0.25) is 4.79 Å². The van der Waals surface area contributed by atoms with Crippen LogP contribution in [0.15, 0.2) is 51.0 Å². The second-order valence-electron chi connectivity index (χ2n) is 5.87. The van der Waals surface area contributed by atoms with Gasteiger partial charge in [-0.2, -0.15) is 0 Å². The molecule has 3 aromatic heterocycles. The highest BCUT2D eigenvalue weighted by molar-refractivity contribution is 7.98. The summed E-state index contributed by atoms with van der Waals surface area (Å²) in [5.41, 5.74) is 0.492. The Hall–Kier alpha value is -3.40. The first-order valence-corrected chi connectivity index (χ1v) is 9.22. The predicted molar refractivity (Wildman–Crippen MR) is 102 cm³/mol. The molecule has 0 bridgehead atoms. The van der Waals surface area contributed by atoms with E-state index >= 15 is 0 Å². The fourth-order valence-corrected chi connectivity index (χ4v) is 3.48. The second kappa shape index (κ2) is 7.31. The van der Waals surface area contributed by atoms with Crippen molar-refractivity contribution in [1.29, 1.82) is 0 Å². The average Bonchev–Trinajstić information content (AvgIpc) is 3.35. The zero-order valence-electron chi connectivity index (χ0n) is 15.0. The molecule has 0 fully saturated rings. The number of esters is 1. The van der Waals surface area contributed by atoms with E-state index in [-0.39, 0.29) is 5.56 Å². The van der Waals surface area contributed by atoms with Gasteiger partial charge in [-0.05, 0) is 30.3 Å². The summed E-state index contributed by atoms with van der Waals surface area (Å²) in [5, 5.41) is 9.34. The van der Waals surface area contributed by atoms with Crippen LogP contribution in [0.1, 0.15) is 16.2 Å². The van der Waals surface area contributed by atoms with Crippen molar-refractivity contribution < 1.29 is 13.9 Å². The topological polar surface area (TPSA) is 116 Å². The molecule has 0 saturated heterocycles. The quantitative estimate of drug-likeness (QED) is 0.403. The third-order valence-corrected chi connectivity index (χ3v) is 5.12. The molecule has 28 heavy (non-hydrogen) atoms. The maximum atomic E-state index is 12.3. The Kier molecular flexibility index (Phi) is 4.70. The van der Waals surface area contributed by atoms with Crippen LogP contribution in [-0.4, -0.2) is 37.8 Å². The molecule has 3 heterocycles. The Labute approximate surface area is 162 Å². The van der Waals surface area contributed by atoms with Crippen LogP contribution in [0.2, 0.25) is 0 Å². The van der Waals surface area contributed by atoms with Gasteiger partial charge in [-0.1, -0.05) is 11.8 Å². The maximum Gasteiger partial charge on any atom is 0.337 e. The van der Waals surface area contributed by atoms with E-state index in [1.54, 1.807) is 35.1 Å². The van der Waals surface area contributed by atoms with Gasteiger partial charge in [0.15, 0.2) is 16.7 Å². The van der Waals surface area contributed by atoms with Crippen LogP contribution < -0.4 is 5.56 Å². The molecular formula is C18H15N5O4S. The number of rotatable bonds is 5. The summed E-state index contributed by atoms with van der Waals surface area (Å²) >= 11 is 1.37. The number of fused-ring (bicyclic) bond motifs is 1. The highest BCUT2D eigenvalue weighted by Gasteiger charge is 2.15.